The van der Waals surface area contributed by atoms with Gasteiger partial charge in [0.15, 0.2) is 5.82 Å². The number of carbonyl (C=O) groups is 1. The Kier molecular flexibility index (Phi) is 4.89. The second kappa shape index (κ2) is 7.75. The maximum Gasteiger partial charge on any atom is 0.269 e. The van der Waals surface area contributed by atoms with E-state index in [1.54, 1.807) is 29.8 Å². The highest BCUT2D eigenvalue weighted by atomic mass is 19.1. The summed E-state index contributed by atoms with van der Waals surface area (Å²) >= 11 is 0. The molecule has 4 aromatic rings. The van der Waals surface area contributed by atoms with E-state index in [4.69, 9.17) is 9.47 Å². The fraction of sp³-hybridized carbons (Fsp3) is 0.333. The lowest BCUT2D eigenvalue weighted by Gasteiger charge is -2.31. The predicted octanol–water partition coefficient (Wildman–Crippen LogP) is 2.00. The summed E-state index contributed by atoms with van der Waals surface area (Å²) in [5.41, 5.74) is 2.10. The first-order chi connectivity index (χ1) is 15.5. The summed E-state index contributed by atoms with van der Waals surface area (Å²) < 4.78 is 28.9. The van der Waals surface area contributed by atoms with Gasteiger partial charge in [-0.1, -0.05) is 0 Å². The number of hydrogen-bond donors (Lipinski definition) is 2. The summed E-state index contributed by atoms with van der Waals surface area (Å²) in [5, 5.41) is 10.3. The minimum absolute atomic E-state index is 0.0950. The Labute approximate surface area is 182 Å². The molecule has 166 valence electrons. The van der Waals surface area contributed by atoms with Crippen molar-refractivity contribution in [3.05, 3.63) is 42.2 Å². The Balaban J connectivity index is 1.61. The molecule has 1 atom stereocenters. The molecule has 1 unspecified atom stereocenters. The molecule has 2 N–H and O–H groups in total. The van der Waals surface area contributed by atoms with E-state index in [0.717, 1.165) is 0 Å². The molecule has 0 bridgehead atoms. The number of hydrogen-bond acceptors (Lipinski definition) is 7. The van der Waals surface area contributed by atoms with Gasteiger partial charge < -0.3 is 20.1 Å². The molecule has 11 heteroatoms. The van der Waals surface area contributed by atoms with Gasteiger partial charge in [0.25, 0.3) is 5.91 Å². The summed E-state index contributed by atoms with van der Waals surface area (Å²) in [7, 11) is 3.02. The molecular formula is C21H22FN7O3. The number of anilines is 1. The summed E-state index contributed by atoms with van der Waals surface area (Å²) in [5.74, 6) is 0.155. The third-order valence-electron chi connectivity index (χ3n) is 5.73. The van der Waals surface area contributed by atoms with E-state index in [0.29, 0.717) is 47.5 Å². The lowest BCUT2D eigenvalue weighted by atomic mass is 10.0. The maximum atomic E-state index is 15.2. The molecule has 1 saturated heterocycles. The van der Waals surface area contributed by atoms with Crippen molar-refractivity contribution in [1.82, 2.24) is 29.3 Å². The molecular weight excluding hydrogens is 417 g/mol. The molecule has 0 aliphatic carbocycles. The molecule has 0 spiro atoms. The third-order valence-corrected chi connectivity index (χ3v) is 5.73. The van der Waals surface area contributed by atoms with Crippen LogP contribution < -0.4 is 15.4 Å². The molecule has 1 fully saturated rings. The zero-order valence-electron chi connectivity index (χ0n) is 17.8. The number of nitrogens with one attached hydrogen (secondary N) is 2. The van der Waals surface area contributed by atoms with E-state index in [9.17, 15) is 4.79 Å². The average molecular weight is 439 g/mol. The first-order valence-electron chi connectivity index (χ1n) is 10.2. The molecule has 1 aliphatic rings. The molecule has 5 heterocycles. The minimum atomic E-state index is -0.490. The van der Waals surface area contributed by atoms with Crippen molar-refractivity contribution in [2.75, 3.05) is 32.7 Å². The van der Waals surface area contributed by atoms with Gasteiger partial charge in [0.2, 0.25) is 11.8 Å². The Bertz CT molecular complexity index is 1330. The number of aromatic nitrogens is 5. The molecule has 0 radical (unpaired) electrons. The number of nitrogens with zero attached hydrogens (tertiary/aromatic N) is 5. The van der Waals surface area contributed by atoms with Gasteiger partial charge in [0.05, 0.1) is 38.3 Å². The molecule has 0 aromatic carbocycles. The molecule has 0 saturated carbocycles. The fourth-order valence-corrected chi connectivity index (χ4v) is 3.79. The van der Waals surface area contributed by atoms with Crippen LogP contribution in [0.15, 0.2) is 30.7 Å². The smallest absolute Gasteiger partial charge is 0.269 e. The molecule has 4 aromatic heterocycles. The van der Waals surface area contributed by atoms with Gasteiger partial charge in [-0.3, -0.25) is 9.20 Å². The standard InChI is InChI=1S/C21H22FN7O3/c1-11(13-9-32-10-13)25-21-26-20(31-3)18-17(14(22)8-29(18)27-21)12-4-5-16-24-6-15(19(30)23-2)28(16)7-12/h4-8,11,13H,9-10H2,1-3H3,(H,23,30)(H,25,27). The molecule has 1 amide bonds. The fourth-order valence-electron chi connectivity index (χ4n) is 3.79. The highest BCUT2D eigenvalue weighted by Gasteiger charge is 2.27. The Hall–Kier alpha value is -3.73. The highest BCUT2D eigenvalue weighted by molar-refractivity contribution is 5.93. The minimum Gasteiger partial charge on any atom is -0.479 e. The predicted molar refractivity (Wildman–Crippen MR) is 114 cm³/mol. The molecule has 1 aliphatic heterocycles. The normalized spacial score (nSPS) is 15.0. The quantitative estimate of drug-likeness (QED) is 0.473. The number of halogens is 1. The van der Waals surface area contributed by atoms with Crippen molar-refractivity contribution in [2.45, 2.75) is 13.0 Å². The molecule has 10 nitrogen and oxygen atoms in total. The van der Waals surface area contributed by atoms with Crippen molar-refractivity contribution in [1.29, 1.82) is 0 Å². The number of methoxy groups -OCH3 is 1. The van der Waals surface area contributed by atoms with Crippen LogP contribution in [0.3, 0.4) is 0 Å². The lowest BCUT2D eigenvalue weighted by molar-refractivity contribution is -0.0380. The second-order valence-corrected chi connectivity index (χ2v) is 7.69. The summed E-state index contributed by atoms with van der Waals surface area (Å²) in [4.78, 5) is 20.8. The van der Waals surface area contributed by atoms with Crippen LogP contribution in [-0.2, 0) is 4.74 Å². The van der Waals surface area contributed by atoms with E-state index in [1.165, 1.54) is 24.0 Å². The van der Waals surface area contributed by atoms with Crippen LogP contribution in [0.1, 0.15) is 17.4 Å². The van der Waals surface area contributed by atoms with E-state index in [1.807, 2.05) is 6.92 Å². The van der Waals surface area contributed by atoms with E-state index < -0.39 is 5.82 Å². The van der Waals surface area contributed by atoms with Crippen molar-refractivity contribution in [3.63, 3.8) is 0 Å². The Morgan fingerprint density at radius 2 is 2.16 bits per heavy atom. The molecule has 5 rings (SSSR count). The van der Waals surface area contributed by atoms with E-state index in [2.05, 4.69) is 25.7 Å². The number of fused-ring (bicyclic) bond motifs is 2. The van der Waals surface area contributed by atoms with Gasteiger partial charge in [0, 0.05) is 30.8 Å². The SMILES string of the molecule is CNC(=O)c1cnc2ccc(-c3c(F)cn4nc(NC(C)C5COC5)nc(OC)c34)cn12. The van der Waals surface area contributed by atoms with Crippen molar-refractivity contribution in [2.24, 2.45) is 5.92 Å². The van der Waals surface area contributed by atoms with Gasteiger partial charge >= 0.3 is 0 Å². The highest BCUT2D eigenvalue weighted by Crippen LogP contribution is 2.34. The number of ether oxygens (including phenoxy) is 2. The second-order valence-electron chi connectivity index (χ2n) is 7.69. The largest absolute Gasteiger partial charge is 0.479 e. The summed E-state index contributed by atoms with van der Waals surface area (Å²) in [6, 6.07) is 3.55. The number of carbonyl (C=O) groups excluding carboxylic acids is 1. The summed E-state index contributed by atoms with van der Waals surface area (Å²) in [6.07, 6.45) is 4.42. The van der Waals surface area contributed by atoms with Crippen molar-refractivity contribution in [3.8, 4) is 17.0 Å². The van der Waals surface area contributed by atoms with Crippen LogP contribution in [-0.4, -0.2) is 63.3 Å². The van der Waals surface area contributed by atoms with Crippen molar-refractivity contribution < 1.29 is 18.7 Å². The Morgan fingerprint density at radius 3 is 2.84 bits per heavy atom. The topological polar surface area (TPSA) is 107 Å². The van der Waals surface area contributed by atoms with Gasteiger partial charge in [-0.05, 0) is 19.1 Å². The number of imidazole rings is 1. The van der Waals surface area contributed by atoms with Crippen LogP contribution in [0.2, 0.25) is 0 Å². The lowest BCUT2D eigenvalue weighted by Crippen LogP contribution is -2.40. The van der Waals surface area contributed by atoms with Gasteiger partial charge in [0.1, 0.15) is 16.9 Å². The number of rotatable bonds is 6. The van der Waals surface area contributed by atoms with E-state index >= 15 is 4.39 Å². The third kappa shape index (κ3) is 3.21. The van der Waals surface area contributed by atoms with E-state index in [-0.39, 0.29) is 23.4 Å². The maximum absolute atomic E-state index is 15.2. The first-order valence-corrected chi connectivity index (χ1v) is 10.2. The van der Waals surface area contributed by atoms with Crippen LogP contribution in [0.25, 0.3) is 22.3 Å². The monoisotopic (exact) mass is 439 g/mol. The zero-order chi connectivity index (χ0) is 22.4. The first kappa shape index (κ1) is 20.2. The van der Waals surface area contributed by atoms with Crippen LogP contribution in [0.5, 0.6) is 5.88 Å². The average Bonchev–Trinajstić information content (AvgIpc) is 3.30. The van der Waals surface area contributed by atoms with Gasteiger partial charge in [-0.2, -0.15) is 4.98 Å². The van der Waals surface area contributed by atoms with Crippen LogP contribution in [0.4, 0.5) is 10.3 Å². The van der Waals surface area contributed by atoms with Crippen molar-refractivity contribution >= 4 is 23.0 Å². The number of amides is 1. The van der Waals surface area contributed by atoms with Crippen LogP contribution >= 0.6 is 0 Å². The van der Waals surface area contributed by atoms with Gasteiger partial charge in [-0.15, -0.1) is 5.10 Å². The zero-order valence-corrected chi connectivity index (χ0v) is 17.8. The summed E-state index contributed by atoms with van der Waals surface area (Å²) in [6.45, 7) is 3.40. The number of pyridine rings is 1. The molecule has 32 heavy (non-hydrogen) atoms. The Morgan fingerprint density at radius 1 is 1.34 bits per heavy atom. The van der Waals surface area contributed by atoms with Crippen LogP contribution in [0, 0.1) is 11.7 Å². The van der Waals surface area contributed by atoms with Gasteiger partial charge in [-0.25, -0.2) is 13.9 Å².